The van der Waals surface area contributed by atoms with Gasteiger partial charge in [-0.25, -0.2) is 19.9 Å². The number of pyridine rings is 1. The van der Waals surface area contributed by atoms with Gasteiger partial charge in [0.05, 0.1) is 45.1 Å². The van der Waals surface area contributed by atoms with E-state index in [1.165, 1.54) is 18.5 Å². The van der Waals surface area contributed by atoms with E-state index >= 15 is 0 Å². The lowest BCUT2D eigenvalue weighted by atomic mass is 10.1. The number of nitrogens with one attached hydrogen (secondary N) is 2. The molecule has 0 bridgehead atoms. The Morgan fingerprint density at radius 1 is 1.14 bits per heavy atom. The molecule has 4 rings (SSSR count). The van der Waals surface area contributed by atoms with Gasteiger partial charge in [0.15, 0.2) is 5.82 Å². The summed E-state index contributed by atoms with van der Waals surface area (Å²) in [6.07, 6.45) is 2.96. The van der Waals surface area contributed by atoms with Crippen molar-refractivity contribution in [2.24, 2.45) is 0 Å². The number of nitriles is 1. The highest BCUT2D eigenvalue weighted by molar-refractivity contribution is 6.39. The SMILES string of the molecule is N#Cc1cc(Cl)c(-c2nc3c(Nc4cc(CO)ncn4)nccc3[nH]2)c(Cl)c1. The third-order valence-electron chi connectivity index (χ3n) is 3.94. The minimum absolute atomic E-state index is 0.197. The van der Waals surface area contributed by atoms with Gasteiger partial charge in [0.1, 0.15) is 23.5 Å². The molecule has 10 heteroatoms. The van der Waals surface area contributed by atoms with E-state index in [2.05, 4.69) is 30.2 Å². The number of hydrogen-bond donors (Lipinski definition) is 3. The summed E-state index contributed by atoms with van der Waals surface area (Å²) < 4.78 is 0. The molecule has 3 aromatic heterocycles. The highest BCUT2D eigenvalue weighted by Crippen LogP contribution is 2.36. The van der Waals surface area contributed by atoms with Crippen LogP contribution in [0.3, 0.4) is 0 Å². The second-order valence-electron chi connectivity index (χ2n) is 5.75. The molecule has 8 nitrogen and oxygen atoms in total. The van der Waals surface area contributed by atoms with E-state index in [1.54, 1.807) is 18.3 Å². The molecular formula is C18H11Cl2N7O. The maximum Gasteiger partial charge on any atom is 0.159 e. The van der Waals surface area contributed by atoms with Gasteiger partial charge in [-0.05, 0) is 18.2 Å². The van der Waals surface area contributed by atoms with E-state index in [1.807, 2.05) is 6.07 Å². The maximum atomic E-state index is 9.22. The molecule has 0 radical (unpaired) electrons. The zero-order valence-electron chi connectivity index (χ0n) is 14.1. The fraction of sp³-hybridized carbons (Fsp3) is 0.0556. The highest BCUT2D eigenvalue weighted by atomic mass is 35.5. The van der Waals surface area contributed by atoms with Crippen LogP contribution >= 0.6 is 23.2 Å². The molecular weight excluding hydrogens is 401 g/mol. The van der Waals surface area contributed by atoms with Gasteiger partial charge in [0.2, 0.25) is 0 Å². The summed E-state index contributed by atoms with van der Waals surface area (Å²) in [7, 11) is 0. The predicted octanol–water partition coefficient (Wildman–Crippen LogP) is 3.83. The zero-order valence-corrected chi connectivity index (χ0v) is 15.6. The number of anilines is 2. The lowest BCUT2D eigenvalue weighted by Gasteiger charge is -2.05. The molecule has 138 valence electrons. The molecule has 3 N–H and O–H groups in total. The lowest BCUT2D eigenvalue weighted by Crippen LogP contribution is -1.99. The van der Waals surface area contributed by atoms with Gasteiger partial charge in [-0.15, -0.1) is 0 Å². The van der Waals surface area contributed by atoms with Crippen molar-refractivity contribution in [2.45, 2.75) is 6.61 Å². The number of nitrogens with zero attached hydrogens (tertiary/aromatic N) is 5. The summed E-state index contributed by atoms with van der Waals surface area (Å²) in [5, 5.41) is 22.0. The van der Waals surface area contributed by atoms with Gasteiger partial charge in [-0.2, -0.15) is 5.26 Å². The fourth-order valence-electron chi connectivity index (χ4n) is 2.68. The number of aromatic nitrogens is 5. The smallest absolute Gasteiger partial charge is 0.159 e. The summed E-state index contributed by atoms with van der Waals surface area (Å²) in [6, 6.07) is 8.45. The van der Waals surface area contributed by atoms with Crippen molar-refractivity contribution in [3.05, 3.63) is 58.1 Å². The van der Waals surface area contributed by atoms with Crippen molar-refractivity contribution >= 4 is 45.9 Å². The first kappa shape index (κ1) is 18.1. The number of aliphatic hydroxyl groups excluding tert-OH is 1. The summed E-state index contributed by atoms with van der Waals surface area (Å²) in [5.41, 5.74) is 2.60. The van der Waals surface area contributed by atoms with Crippen LogP contribution in [0.25, 0.3) is 22.4 Å². The number of rotatable bonds is 4. The van der Waals surface area contributed by atoms with E-state index < -0.39 is 0 Å². The van der Waals surface area contributed by atoms with Crippen molar-refractivity contribution < 1.29 is 5.11 Å². The first-order valence-corrected chi connectivity index (χ1v) is 8.77. The fourth-order valence-corrected chi connectivity index (χ4v) is 3.35. The summed E-state index contributed by atoms with van der Waals surface area (Å²) in [6.45, 7) is -0.197. The Hall–Kier alpha value is -3.25. The van der Waals surface area contributed by atoms with Gasteiger partial charge in [-0.3, -0.25) is 0 Å². The standard InChI is InChI=1S/C18H11Cl2N7O/c19-11-3-9(6-21)4-12(20)15(11)17-25-13-1-2-22-18(16(13)27-17)26-14-5-10(7-28)23-8-24-14/h1-5,8,28H,7H2,(H,25,27)(H,22,23,24,26). The normalized spacial score (nSPS) is 10.8. The minimum atomic E-state index is -0.197. The van der Waals surface area contributed by atoms with Crippen LogP contribution in [0.1, 0.15) is 11.3 Å². The maximum absolute atomic E-state index is 9.22. The van der Waals surface area contributed by atoms with Gasteiger partial charge in [0, 0.05) is 12.3 Å². The Kier molecular flexibility index (Phi) is 4.79. The third-order valence-corrected chi connectivity index (χ3v) is 4.54. The highest BCUT2D eigenvalue weighted by Gasteiger charge is 2.17. The Labute approximate surface area is 168 Å². The second kappa shape index (κ2) is 7.40. The first-order chi connectivity index (χ1) is 13.6. The molecule has 0 saturated carbocycles. The van der Waals surface area contributed by atoms with Crippen molar-refractivity contribution in [2.75, 3.05) is 5.32 Å². The average Bonchev–Trinajstić information content (AvgIpc) is 3.12. The molecule has 0 spiro atoms. The summed E-state index contributed by atoms with van der Waals surface area (Å²) in [5.74, 6) is 1.38. The third kappa shape index (κ3) is 3.34. The number of hydrogen-bond acceptors (Lipinski definition) is 7. The molecule has 0 aliphatic carbocycles. The van der Waals surface area contributed by atoms with Crippen molar-refractivity contribution in [1.29, 1.82) is 5.26 Å². The van der Waals surface area contributed by atoms with Crippen LogP contribution in [0.4, 0.5) is 11.6 Å². The Balaban J connectivity index is 1.79. The molecule has 3 heterocycles. The number of aromatic amines is 1. The molecule has 0 amide bonds. The Morgan fingerprint density at radius 2 is 1.93 bits per heavy atom. The lowest BCUT2D eigenvalue weighted by molar-refractivity contribution is 0.276. The molecule has 0 aliphatic heterocycles. The van der Waals surface area contributed by atoms with E-state index in [0.29, 0.717) is 55.4 Å². The first-order valence-electron chi connectivity index (χ1n) is 8.02. The van der Waals surface area contributed by atoms with E-state index in [4.69, 9.17) is 28.5 Å². The minimum Gasteiger partial charge on any atom is -0.390 e. The number of benzene rings is 1. The van der Waals surface area contributed by atoms with E-state index in [0.717, 1.165) is 0 Å². The van der Waals surface area contributed by atoms with Gasteiger partial charge in [-0.1, -0.05) is 23.2 Å². The zero-order chi connectivity index (χ0) is 19.7. The number of H-pyrrole nitrogens is 1. The molecule has 0 atom stereocenters. The van der Waals surface area contributed by atoms with Crippen LogP contribution in [-0.4, -0.2) is 30.0 Å². The monoisotopic (exact) mass is 411 g/mol. The number of aliphatic hydroxyl groups is 1. The summed E-state index contributed by atoms with van der Waals surface area (Å²) >= 11 is 12.6. The molecule has 1 aromatic carbocycles. The Bertz CT molecular complexity index is 1210. The van der Waals surface area contributed by atoms with Crippen LogP contribution in [0.15, 0.2) is 36.8 Å². The van der Waals surface area contributed by atoms with Crippen LogP contribution in [0.2, 0.25) is 10.0 Å². The predicted molar refractivity (Wildman–Crippen MR) is 105 cm³/mol. The molecule has 28 heavy (non-hydrogen) atoms. The van der Waals surface area contributed by atoms with Crippen molar-refractivity contribution in [3.8, 4) is 17.5 Å². The van der Waals surface area contributed by atoms with Crippen molar-refractivity contribution in [1.82, 2.24) is 24.9 Å². The molecule has 0 unspecified atom stereocenters. The van der Waals surface area contributed by atoms with Gasteiger partial charge < -0.3 is 15.4 Å². The van der Waals surface area contributed by atoms with Gasteiger partial charge in [0.25, 0.3) is 0 Å². The number of fused-ring (bicyclic) bond motifs is 1. The van der Waals surface area contributed by atoms with Crippen LogP contribution in [-0.2, 0) is 6.61 Å². The van der Waals surface area contributed by atoms with E-state index in [-0.39, 0.29) is 6.61 Å². The van der Waals surface area contributed by atoms with Crippen molar-refractivity contribution in [3.63, 3.8) is 0 Å². The summed E-state index contributed by atoms with van der Waals surface area (Å²) in [4.78, 5) is 20.1. The van der Waals surface area contributed by atoms with Crippen LogP contribution in [0.5, 0.6) is 0 Å². The quantitative estimate of drug-likeness (QED) is 0.465. The topological polar surface area (TPSA) is 123 Å². The average molecular weight is 412 g/mol. The molecule has 4 aromatic rings. The molecule has 0 aliphatic rings. The Morgan fingerprint density at radius 3 is 2.64 bits per heavy atom. The molecule has 0 saturated heterocycles. The van der Waals surface area contributed by atoms with E-state index in [9.17, 15) is 5.11 Å². The largest absolute Gasteiger partial charge is 0.390 e. The van der Waals surface area contributed by atoms with Crippen LogP contribution < -0.4 is 5.32 Å². The molecule has 0 fully saturated rings. The van der Waals surface area contributed by atoms with Gasteiger partial charge >= 0.3 is 0 Å². The number of imidazole rings is 1. The number of halogens is 2. The second-order valence-corrected chi connectivity index (χ2v) is 6.56. The van der Waals surface area contributed by atoms with Crippen LogP contribution in [0, 0.1) is 11.3 Å².